The van der Waals surface area contributed by atoms with Gasteiger partial charge < -0.3 is 5.32 Å². The van der Waals surface area contributed by atoms with E-state index in [2.05, 4.69) is 48.4 Å². The van der Waals surface area contributed by atoms with Gasteiger partial charge in [0.25, 0.3) is 0 Å². The topological polar surface area (TPSA) is 24.4 Å². The second kappa shape index (κ2) is 7.85. The van der Waals surface area contributed by atoms with E-state index in [1.807, 2.05) is 48.7 Å². The normalized spacial score (nSPS) is 11.7. The van der Waals surface area contributed by atoms with Crippen molar-refractivity contribution in [3.63, 3.8) is 0 Å². The van der Waals surface area contributed by atoms with Gasteiger partial charge in [-0.2, -0.15) is 0 Å². The summed E-state index contributed by atoms with van der Waals surface area (Å²) in [7, 11) is 0. The summed E-state index contributed by atoms with van der Waals surface area (Å²) in [5.74, 6) is 0. The fraction of sp³-hybridized carbons (Fsp3) is 0.105. The first-order valence-electron chi connectivity index (χ1n) is 7.00. The van der Waals surface area contributed by atoms with Crippen molar-refractivity contribution < 1.29 is 0 Å². The van der Waals surface area contributed by atoms with Crippen LogP contribution in [0.4, 0.5) is 11.4 Å². The Bertz CT molecular complexity index is 667. The molecule has 2 rings (SSSR count). The minimum atomic E-state index is 0.974. The summed E-state index contributed by atoms with van der Waals surface area (Å²) in [6.07, 6.45) is 9.51. The molecule has 1 N–H and O–H groups in total. The third-order valence-corrected chi connectivity index (χ3v) is 2.90. The molecular formula is C19H20N2. The molecule has 0 fully saturated rings. The van der Waals surface area contributed by atoms with Gasteiger partial charge in [0.15, 0.2) is 0 Å². The Morgan fingerprint density at radius 1 is 0.857 bits per heavy atom. The van der Waals surface area contributed by atoms with Crippen LogP contribution in [0.15, 0.2) is 78.0 Å². The molecule has 0 aliphatic rings. The van der Waals surface area contributed by atoms with Crippen LogP contribution in [0.25, 0.3) is 0 Å². The zero-order chi connectivity index (χ0) is 14.9. The summed E-state index contributed by atoms with van der Waals surface area (Å²) in [5.41, 5.74) is 4.53. The van der Waals surface area contributed by atoms with Gasteiger partial charge in [0.05, 0.1) is 5.69 Å². The van der Waals surface area contributed by atoms with Crippen molar-refractivity contribution in [2.24, 2.45) is 4.99 Å². The standard InChI is InChI=1S/C19H20N2/c1-16-8-6-10-18(14-16)20-12-4-3-5-13-21-19-11-7-9-17(2)15-19/h3-15,20H,1-2H3/b5-3+,12-4+,21-13?. The fourth-order valence-electron chi connectivity index (χ4n) is 1.89. The lowest BCUT2D eigenvalue weighted by atomic mass is 10.2. The van der Waals surface area contributed by atoms with Crippen LogP contribution in [0.1, 0.15) is 11.1 Å². The first-order valence-corrected chi connectivity index (χ1v) is 7.00. The number of hydrogen-bond acceptors (Lipinski definition) is 2. The number of anilines is 1. The van der Waals surface area contributed by atoms with Crippen LogP contribution in [-0.4, -0.2) is 6.21 Å². The van der Waals surface area contributed by atoms with Gasteiger partial charge in [-0.15, -0.1) is 0 Å². The fourth-order valence-corrected chi connectivity index (χ4v) is 1.89. The predicted molar refractivity (Wildman–Crippen MR) is 92.4 cm³/mol. The summed E-state index contributed by atoms with van der Waals surface area (Å²) in [6.45, 7) is 4.14. The van der Waals surface area contributed by atoms with Gasteiger partial charge in [-0.05, 0) is 61.4 Å². The zero-order valence-electron chi connectivity index (χ0n) is 12.5. The highest BCUT2D eigenvalue weighted by atomic mass is 14.8. The van der Waals surface area contributed by atoms with E-state index in [-0.39, 0.29) is 0 Å². The van der Waals surface area contributed by atoms with Crippen molar-refractivity contribution in [1.82, 2.24) is 0 Å². The molecule has 0 bridgehead atoms. The Labute approximate surface area is 126 Å². The molecule has 0 aliphatic heterocycles. The molecule has 21 heavy (non-hydrogen) atoms. The molecule has 2 heteroatoms. The van der Waals surface area contributed by atoms with E-state index in [1.165, 1.54) is 11.1 Å². The van der Waals surface area contributed by atoms with Crippen LogP contribution in [0.5, 0.6) is 0 Å². The van der Waals surface area contributed by atoms with Crippen LogP contribution in [0.2, 0.25) is 0 Å². The molecule has 106 valence electrons. The van der Waals surface area contributed by atoms with Crippen molar-refractivity contribution in [2.45, 2.75) is 13.8 Å². The Morgan fingerprint density at radius 3 is 2.38 bits per heavy atom. The molecule has 2 aromatic carbocycles. The minimum absolute atomic E-state index is 0.974. The van der Waals surface area contributed by atoms with Crippen molar-refractivity contribution in [3.05, 3.63) is 84.1 Å². The first-order chi connectivity index (χ1) is 10.2. The van der Waals surface area contributed by atoms with Crippen LogP contribution in [-0.2, 0) is 0 Å². The quantitative estimate of drug-likeness (QED) is 0.590. The number of allylic oxidation sites excluding steroid dienone is 3. The van der Waals surface area contributed by atoms with Crippen molar-refractivity contribution >= 4 is 17.6 Å². The second-order valence-electron chi connectivity index (χ2n) is 4.88. The van der Waals surface area contributed by atoms with Crippen LogP contribution < -0.4 is 5.32 Å². The van der Waals surface area contributed by atoms with Crippen LogP contribution >= 0.6 is 0 Å². The Hall–Kier alpha value is -2.61. The maximum absolute atomic E-state index is 4.37. The lowest BCUT2D eigenvalue weighted by Crippen LogP contribution is -1.86. The lowest BCUT2D eigenvalue weighted by molar-refractivity contribution is 1.43. The molecule has 0 aliphatic carbocycles. The minimum Gasteiger partial charge on any atom is -0.362 e. The lowest BCUT2D eigenvalue weighted by Gasteiger charge is -2.00. The van der Waals surface area contributed by atoms with Crippen molar-refractivity contribution in [3.8, 4) is 0 Å². The molecule has 0 heterocycles. The zero-order valence-corrected chi connectivity index (χ0v) is 12.5. The van der Waals surface area contributed by atoms with Gasteiger partial charge in [-0.1, -0.05) is 30.3 Å². The smallest absolute Gasteiger partial charge is 0.0632 e. The molecule has 0 unspecified atom stereocenters. The molecule has 0 amide bonds. The number of nitrogens with one attached hydrogen (secondary N) is 1. The van der Waals surface area contributed by atoms with Crippen LogP contribution in [0.3, 0.4) is 0 Å². The summed E-state index contributed by atoms with van der Waals surface area (Å²) in [6, 6.07) is 16.4. The second-order valence-corrected chi connectivity index (χ2v) is 4.88. The molecule has 0 saturated heterocycles. The number of hydrogen-bond donors (Lipinski definition) is 1. The monoisotopic (exact) mass is 276 g/mol. The Morgan fingerprint density at radius 2 is 1.62 bits per heavy atom. The average Bonchev–Trinajstić information content (AvgIpc) is 2.46. The third kappa shape index (κ3) is 5.49. The molecular weight excluding hydrogens is 256 g/mol. The summed E-state index contributed by atoms with van der Waals surface area (Å²) < 4.78 is 0. The van der Waals surface area contributed by atoms with Gasteiger partial charge in [0.2, 0.25) is 0 Å². The predicted octanol–water partition coefficient (Wildman–Crippen LogP) is 5.19. The van der Waals surface area contributed by atoms with Gasteiger partial charge in [-0.3, -0.25) is 4.99 Å². The Balaban J connectivity index is 1.81. The highest BCUT2D eigenvalue weighted by Crippen LogP contribution is 2.12. The van der Waals surface area contributed by atoms with E-state index in [9.17, 15) is 0 Å². The molecule has 2 aromatic rings. The van der Waals surface area contributed by atoms with E-state index in [1.54, 1.807) is 6.21 Å². The van der Waals surface area contributed by atoms with E-state index in [0.29, 0.717) is 0 Å². The van der Waals surface area contributed by atoms with Gasteiger partial charge in [0.1, 0.15) is 0 Å². The maximum Gasteiger partial charge on any atom is 0.0632 e. The SMILES string of the molecule is Cc1cccc(N=C/C=C/C=C/Nc2cccc(C)c2)c1. The van der Waals surface area contributed by atoms with Crippen LogP contribution in [0, 0.1) is 13.8 Å². The number of benzene rings is 2. The summed E-state index contributed by atoms with van der Waals surface area (Å²) >= 11 is 0. The van der Waals surface area contributed by atoms with Crippen molar-refractivity contribution in [2.75, 3.05) is 5.32 Å². The molecule has 0 radical (unpaired) electrons. The third-order valence-electron chi connectivity index (χ3n) is 2.90. The van der Waals surface area contributed by atoms with E-state index >= 15 is 0 Å². The van der Waals surface area contributed by atoms with E-state index in [0.717, 1.165) is 11.4 Å². The highest BCUT2D eigenvalue weighted by Gasteiger charge is 1.87. The average molecular weight is 276 g/mol. The first kappa shape index (κ1) is 14.8. The maximum atomic E-state index is 4.37. The van der Waals surface area contributed by atoms with Gasteiger partial charge in [0, 0.05) is 18.1 Å². The van der Waals surface area contributed by atoms with E-state index in [4.69, 9.17) is 0 Å². The number of aryl methyl sites for hydroxylation is 2. The van der Waals surface area contributed by atoms with Gasteiger partial charge >= 0.3 is 0 Å². The summed E-state index contributed by atoms with van der Waals surface area (Å²) in [5, 5.41) is 3.23. The largest absolute Gasteiger partial charge is 0.362 e. The summed E-state index contributed by atoms with van der Waals surface area (Å²) in [4.78, 5) is 4.37. The molecule has 0 atom stereocenters. The van der Waals surface area contributed by atoms with Crippen molar-refractivity contribution in [1.29, 1.82) is 0 Å². The molecule has 0 saturated carbocycles. The number of rotatable bonds is 5. The molecule has 2 nitrogen and oxygen atoms in total. The van der Waals surface area contributed by atoms with Gasteiger partial charge in [-0.25, -0.2) is 0 Å². The number of nitrogens with zero attached hydrogens (tertiary/aromatic N) is 1. The van der Waals surface area contributed by atoms with E-state index < -0.39 is 0 Å². The Kier molecular flexibility index (Phi) is 5.53. The number of aliphatic imine (C=N–C) groups is 1. The molecule has 0 aromatic heterocycles. The molecule has 0 spiro atoms. The highest BCUT2D eigenvalue weighted by molar-refractivity contribution is 5.74.